The van der Waals surface area contributed by atoms with Gasteiger partial charge in [-0.25, -0.2) is 0 Å². The number of pyridine rings is 1. The highest BCUT2D eigenvalue weighted by Gasteiger charge is 2.09. The standard InChI is InChI=1S/C15H16BrN3O/c1-3-17-11-6-7-18-14(9-11)15(20)19-12-4-5-13(16)10(2)8-12/h4-9H,3H2,1-2H3,(H,17,18)(H,19,20). The van der Waals surface area contributed by atoms with E-state index in [2.05, 4.69) is 31.5 Å². The van der Waals surface area contributed by atoms with Crippen molar-refractivity contribution in [1.82, 2.24) is 4.98 Å². The zero-order chi connectivity index (χ0) is 14.5. The lowest BCUT2D eigenvalue weighted by atomic mass is 10.2. The Morgan fingerprint density at radius 2 is 2.05 bits per heavy atom. The van der Waals surface area contributed by atoms with E-state index < -0.39 is 0 Å². The lowest BCUT2D eigenvalue weighted by Crippen LogP contribution is -2.14. The van der Waals surface area contributed by atoms with Crippen molar-refractivity contribution >= 4 is 33.2 Å². The van der Waals surface area contributed by atoms with E-state index in [1.807, 2.05) is 38.1 Å². The second-order valence-electron chi connectivity index (χ2n) is 4.38. The summed E-state index contributed by atoms with van der Waals surface area (Å²) in [7, 11) is 0. The van der Waals surface area contributed by atoms with Crippen molar-refractivity contribution in [2.75, 3.05) is 17.2 Å². The summed E-state index contributed by atoms with van der Waals surface area (Å²) in [5, 5.41) is 6.00. The van der Waals surface area contributed by atoms with Crippen molar-refractivity contribution in [2.45, 2.75) is 13.8 Å². The van der Waals surface area contributed by atoms with Crippen LogP contribution in [0.2, 0.25) is 0 Å². The van der Waals surface area contributed by atoms with Crippen molar-refractivity contribution in [1.29, 1.82) is 0 Å². The summed E-state index contributed by atoms with van der Waals surface area (Å²) in [6.45, 7) is 4.78. The molecule has 0 spiro atoms. The minimum Gasteiger partial charge on any atom is -0.385 e. The normalized spacial score (nSPS) is 10.2. The SMILES string of the molecule is CCNc1ccnc(C(=O)Nc2ccc(Br)c(C)c2)c1. The summed E-state index contributed by atoms with van der Waals surface area (Å²) in [5.74, 6) is -0.216. The molecular weight excluding hydrogens is 318 g/mol. The molecule has 2 N–H and O–H groups in total. The van der Waals surface area contributed by atoms with E-state index in [4.69, 9.17) is 0 Å². The van der Waals surface area contributed by atoms with Crippen LogP contribution in [0, 0.1) is 6.92 Å². The molecule has 0 unspecified atom stereocenters. The van der Waals surface area contributed by atoms with Crippen LogP contribution in [-0.4, -0.2) is 17.4 Å². The van der Waals surface area contributed by atoms with Gasteiger partial charge in [-0.2, -0.15) is 0 Å². The highest BCUT2D eigenvalue weighted by atomic mass is 79.9. The Bertz CT molecular complexity index is 628. The first-order valence-corrected chi connectivity index (χ1v) is 7.17. The van der Waals surface area contributed by atoms with Crippen molar-refractivity contribution < 1.29 is 4.79 Å². The van der Waals surface area contributed by atoms with Crippen LogP contribution in [-0.2, 0) is 0 Å². The molecule has 0 bridgehead atoms. The van der Waals surface area contributed by atoms with Gasteiger partial charge in [0.1, 0.15) is 5.69 Å². The van der Waals surface area contributed by atoms with Gasteiger partial charge in [-0.15, -0.1) is 0 Å². The van der Waals surface area contributed by atoms with E-state index in [0.29, 0.717) is 5.69 Å². The van der Waals surface area contributed by atoms with Gasteiger partial charge in [-0.1, -0.05) is 15.9 Å². The molecule has 5 heteroatoms. The van der Waals surface area contributed by atoms with Crippen LogP contribution in [0.15, 0.2) is 41.0 Å². The van der Waals surface area contributed by atoms with Crippen LogP contribution in [0.25, 0.3) is 0 Å². The van der Waals surface area contributed by atoms with E-state index in [1.165, 1.54) is 0 Å². The molecule has 2 aromatic rings. The molecule has 0 saturated heterocycles. The van der Waals surface area contributed by atoms with Gasteiger partial charge < -0.3 is 10.6 Å². The molecule has 0 aliphatic rings. The predicted octanol–water partition coefficient (Wildman–Crippen LogP) is 3.84. The average molecular weight is 334 g/mol. The third-order valence-electron chi connectivity index (χ3n) is 2.79. The number of hydrogen-bond acceptors (Lipinski definition) is 3. The Morgan fingerprint density at radius 1 is 1.25 bits per heavy atom. The van der Waals surface area contributed by atoms with Crippen molar-refractivity contribution in [2.24, 2.45) is 0 Å². The number of benzene rings is 1. The zero-order valence-corrected chi connectivity index (χ0v) is 13.0. The molecule has 1 aromatic carbocycles. The maximum Gasteiger partial charge on any atom is 0.274 e. The first kappa shape index (κ1) is 14.5. The molecular formula is C15H16BrN3O. The molecule has 0 atom stereocenters. The Labute approximate surface area is 126 Å². The van der Waals surface area contributed by atoms with Crippen LogP contribution in [0.1, 0.15) is 23.0 Å². The number of anilines is 2. The Hall–Kier alpha value is -1.88. The fourth-order valence-corrected chi connectivity index (χ4v) is 2.03. The fraction of sp³-hybridized carbons (Fsp3) is 0.200. The summed E-state index contributed by atoms with van der Waals surface area (Å²) in [6, 6.07) is 9.25. The number of nitrogens with one attached hydrogen (secondary N) is 2. The molecule has 0 fully saturated rings. The monoisotopic (exact) mass is 333 g/mol. The number of hydrogen-bond donors (Lipinski definition) is 2. The summed E-state index contributed by atoms with van der Waals surface area (Å²) in [5.41, 5.74) is 3.10. The molecule has 1 heterocycles. The van der Waals surface area contributed by atoms with Crippen LogP contribution in [0.3, 0.4) is 0 Å². The van der Waals surface area contributed by atoms with E-state index in [9.17, 15) is 4.79 Å². The molecule has 4 nitrogen and oxygen atoms in total. The maximum atomic E-state index is 12.2. The van der Waals surface area contributed by atoms with Gasteiger partial charge in [-0.3, -0.25) is 9.78 Å². The molecule has 20 heavy (non-hydrogen) atoms. The van der Waals surface area contributed by atoms with Gasteiger partial charge >= 0.3 is 0 Å². The average Bonchev–Trinajstić information content (AvgIpc) is 2.43. The molecule has 1 aromatic heterocycles. The Kier molecular flexibility index (Phi) is 4.74. The van der Waals surface area contributed by atoms with E-state index in [0.717, 1.165) is 28.0 Å². The fourth-order valence-electron chi connectivity index (χ4n) is 1.79. The minimum absolute atomic E-state index is 0.216. The van der Waals surface area contributed by atoms with Crippen LogP contribution >= 0.6 is 15.9 Å². The van der Waals surface area contributed by atoms with Gasteiger partial charge in [0.15, 0.2) is 0 Å². The number of carbonyl (C=O) groups excluding carboxylic acids is 1. The highest BCUT2D eigenvalue weighted by molar-refractivity contribution is 9.10. The first-order valence-electron chi connectivity index (χ1n) is 6.37. The summed E-state index contributed by atoms with van der Waals surface area (Å²) >= 11 is 3.43. The van der Waals surface area contributed by atoms with Crippen molar-refractivity contribution in [3.8, 4) is 0 Å². The summed E-state index contributed by atoms with van der Waals surface area (Å²) < 4.78 is 1.02. The molecule has 0 aliphatic heterocycles. The van der Waals surface area contributed by atoms with E-state index in [1.54, 1.807) is 12.3 Å². The van der Waals surface area contributed by atoms with Gasteiger partial charge in [0, 0.05) is 28.6 Å². The van der Waals surface area contributed by atoms with Crippen LogP contribution < -0.4 is 10.6 Å². The zero-order valence-electron chi connectivity index (χ0n) is 11.4. The van der Waals surface area contributed by atoms with Crippen molar-refractivity contribution in [3.63, 3.8) is 0 Å². The number of carbonyl (C=O) groups is 1. The lowest BCUT2D eigenvalue weighted by Gasteiger charge is -2.08. The Balaban J connectivity index is 2.15. The van der Waals surface area contributed by atoms with E-state index >= 15 is 0 Å². The van der Waals surface area contributed by atoms with Gasteiger partial charge in [0.2, 0.25) is 0 Å². The maximum absolute atomic E-state index is 12.2. The number of aromatic nitrogens is 1. The van der Waals surface area contributed by atoms with E-state index in [-0.39, 0.29) is 5.91 Å². The second kappa shape index (κ2) is 6.52. The number of halogens is 1. The largest absolute Gasteiger partial charge is 0.385 e. The number of nitrogens with zero attached hydrogens (tertiary/aromatic N) is 1. The molecule has 0 aliphatic carbocycles. The molecule has 0 saturated carbocycles. The smallest absolute Gasteiger partial charge is 0.274 e. The molecule has 0 radical (unpaired) electrons. The Morgan fingerprint density at radius 3 is 2.75 bits per heavy atom. The quantitative estimate of drug-likeness (QED) is 0.893. The highest BCUT2D eigenvalue weighted by Crippen LogP contribution is 2.20. The van der Waals surface area contributed by atoms with Gasteiger partial charge in [0.25, 0.3) is 5.91 Å². The summed E-state index contributed by atoms with van der Waals surface area (Å²) in [4.78, 5) is 16.3. The van der Waals surface area contributed by atoms with Crippen LogP contribution in [0.4, 0.5) is 11.4 Å². The third-order valence-corrected chi connectivity index (χ3v) is 3.68. The summed E-state index contributed by atoms with van der Waals surface area (Å²) in [6.07, 6.45) is 1.62. The van der Waals surface area contributed by atoms with Crippen molar-refractivity contribution in [3.05, 3.63) is 52.3 Å². The van der Waals surface area contributed by atoms with Gasteiger partial charge in [0.05, 0.1) is 0 Å². The topological polar surface area (TPSA) is 54.0 Å². The van der Waals surface area contributed by atoms with Gasteiger partial charge in [-0.05, 0) is 49.7 Å². The number of rotatable bonds is 4. The van der Waals surface area contributed by atoms with Crippen LogP contribution in [0.5, 0.6) is 0 Å². The number of aryl methyl sites for hydroxylation is 1. The first-order chi connectivity index (χ1) is 9.60. The molecule has 104 valence electrons. The second-order valence-corrected chi connectivity index (χ2v) is 5.23. The number of amides is 1. The molecule has 1 amide bonds. The lowest BCUT2D eigenvalue weighted by molar-refractivity contribution is 0.102. The molecule has 2 rings (SSSR count). The predicted molar refractivity (Wildman–Crippen MR) is 85.2 cm³/mol. The minimum atomic E-state index is -0.216. The third kappa shape index (κ3) is 3.57.